The van der Waals surface area contributed by atoms with Crippen LogP contribution >= 0.6 is 0 Å². The molecule has 0 aliphatic carbocycles. The number of aliphatic hydroxyl groups excluding tert-OH is 1. The van der Waals surface area contributed by atoms with Crippen LogP contribution in [0.15, 0.2) is 12.3 Å². The number of rotatable bonds is 2. The van der Waals surface area contributed by atoms with Gasteiger partial charge in [-0.1, -0.05) is 0 Å². The van der Waals surface area contributed by atoms with Gasteiger partial charge in [-0.15, -0.1) is 0 Å². The van der Waals surface area contributed by atoms with E-state index < -0.39 is 0 Å². The molecule has 5 heteroatoms. The van der Waals surface area contributed by atoms with Gasteiger partial charge in [-0.05, 0) is 12.5 Å². The topological polar surface area (TPSA) is 75.3 Å². The van der Waals surface area contributed by atoms with E-state index in [-0.39, 0.29) is 6.10 Å². The summed E-state index contributed by atoms with van der Waals surface area (Å²) in [6.45, 7) is 2.28. The number of anilines is 1. The van der Waals surface area contributed by atoms with Crippen molar-refractivity contribution in [1.82, 2.24) is 14.9 Å². The van der Waals surface area contributed by atoms with Gasteiger partial charge in [0.15, 0.2) is 0 Å². The highest BCUT2D eigenvalue weighted by Gasteiger charge is 2.20. The molecule has 0 aromatic carbocycles. The number of hydrogen-bond acceptors (Lipinski definition) is 5. The second-order valence-electron chi connectivity index (χ2n) is 3.58. The third-order valence-electron chi connectivity index (χ3n) is 2.34. The highest BCUT2D eigenvalue weighted by Crippen LogP contribution is 2.11. The van der Waals surface area contributed by atoms with Crippen LogP contribution in [0, 0.1) is 0 Å². The Morgan fingerprint density at radius 2 is 2.50 bits per heavy atom. The lowest BCUT2D eigenvalue weighted by Crippen LogP contribution is -2.22. The van der Waals surface area contributed by atoms with Gasteiger partial charge in [0.2, 0.25) is 0 Å². The van der Waals surface area contributed by atoms with Crippen LogP contribution in [-0.4, -0.2) is 39.2 Å². The molecule has 1 aromatic heterocycles. The largest absolute Gasteiger partial charge is 0.392 e. The first-order valence-electron chi connectivity index (χ1n) is 4.72. The van der Waals surface area contributed by atoms with E-state index in [1.165, 1.54) is 0 Å². The lowest BCUT2D eigenvalue weighted by atomic mass is 10.3. The van der Waals surface area contributed by atoms with Crippen LogP contribution in [0.2, 0.25) is 0 Å². The van der Waals surface area contributed by atoms with Crippen molar-refractivity contribution in [3.8, 4) is 0 Å². The summed E-state index contributed by atoms with van der Waals surface area (Å²) in [4.78, 5) is 10.3. The molecule has 0 unspecified atom stereocenters. The van der Waals surface area contributed by atoms with Crippen LogP contribution in [0.1, 0.15) is 12.2 Å². The van der Waals surface area contributed by atoms with Gasteiger partial charge in [-0.25, -0.2) is 9.97 Å². The second kappa shape index (κ2) is 3.89. The number of hydrogen-bond donors (Lipinski definition) is 2. The van der Waals surface area contributed by atoms with E-state index >= 15 is 0 Å². The molecule has 14 heavy (non-hydrogen) atoms. The molecule has 1 aromatic rings. The molecule has 0 radical (unpaired) electrons. The summed E-state index contributed by atoms with van der Waals surface area (Å²) in [5.41, 5.74) is 5.54. The van der Waals surface area contributed by atoms with Crippen LogP contribution in [0.25, 0.3) is 0 Å². The minimum Gasteiger partial charge on any atom is -0.392 e. The first kappa shape index (κ1) is 9.36. The number of aromatic nitrogens is 2. The van der Waals surface area contributed by atoms with Gasteiger partial charge >= 0.3 is 0 Å². The highest BCUT2D eigenvalue weighted by molar-refractivity contribution is 5.24. The van der Waals surface area contributed by atoms with E-state index in [0.29, 0.717) is 18.9 Å². The molecular formula is C9H14N4O. The van der Waals surface area contributed by atoms with E-state index in [1.54, 1.807) is 12.3 Å². The summed E-state index contributed by atoms with van der Waals surface area (Å²) < 4.78 is 0. The van der Waals surface area contributed by atoms with Gasteiger partial charge in [0.05, 0.1) is 12.6 Å². The second-order valence-corrected chi connectivity index (χ2v) is 3.58. The number of likely N-dealkylation sites (tertiary alicyclic amines) is 1. The number of nitrogens with two attached hydrogens (primary N) is 1. The molecule has 2 rings (SSSR count). The Balaban J connectivity index is 1.97. The molecule has 1 aliphatic heterocycles. The number of β-amino-alcohol motifs (C(OH)–C–C–N with tert-alkyl or cyclic N) is 1. The Kier molecular flexibility index (Phi) is 2.60. The van der Waals surface area contributed by atoms with E-state index in [9.17, 15) is 5.11 Å². The van der Waals surface area contributed by atoms with Gasteiger partial charge in [0.25, 0.3) is 0 Å². The summed E-state index contributed by atoms with van der Waals surface area (Å²) >= 11 is 0. The van der Waals surface area contributed by atoms with Gasteiger partial charge in [0.1, 0.15) is 11.6 Å². The van der Waals surface area contributed by atoms with Crippen molar-refractivity contribution >= 4 is 5.82 Å². The smallest absolute Gasteiger partial charge is 0.144 e. The Morgan fingerprint density at radius 3 is 3.14 bits per heavy atom. The van der Waals surface area contributed by atoms with E-state index in [4.69, 9.17) is 5.73 Å². The van der Waals surface area contributed by atoms with Crippen molar-refractivity contribution in [3.05, 3.63) is 18.1 Å². The number of nitrogen functional groups attached to an aromatic ring is 1. The lowest BCUT2D eigenvalue weighted by molar-refractivity contribution is 0.174. The van der Waals surface area contributed by atoms with E-state index in [2.05, 4.69) is 14.9 Å². The van der Waals surface area contributed by atoms with Gasteiger partial charge < -0.3 is 10.8 Å². The van der Waals surface area contributed by atoms with Crippen molar-refractivity contribution in [2.24, 2.45) is 0 Å². The van der Waals surface area contributed by atoms with Gasteiger partial charge in [-0.3, -0.25) is 4.90 Å². The van der Waals surface area contributed by atoms with E-state index in [1.807, 2.05) is 0 Å². The summed E-state index contributed by atoms with van der Waals surface area (Å²) in [5, 5.41) is 9.33. The molecule has 1 atom stereocenters. The molecule has 1 aliphatic rings. The van der Waals surface area contributed by atoms with Crippen molar-refractivity contribution in [2.75, 3.05) is 18.8 Å². The predicted molar refractivity (Wildman–Crippen MR) is 52.3 cm³/mol. The monoisotopic (exact) mass is 194 g/mol. The highest BCUT2D eigenvalue weighted by atomic mass is 16.3. The summed E-state index contributed by atoms with van der Waals surface area (Å²) in [6.07, 6.45) is 2.29. The Morgan fingerprint density at radius 1 is 1.64 bits per heavy atom. The quantitative estimate of drug-likeness (QED) is 0.671. The van der Waals surface area contributed by atoms with Crippen molar-refractivity contribution in [1.29, 1.82) is 0 Å². The van der Waals surface area contributed by atoms with Crippen LogP contribution in [0.4, 0.5) is 5.82 Å². The van der Waals surface area contributed by atoms with Crippen molar-refractivity contribution < 1.29 is 5.11 Å². The average molecular weight is 194 g/mol. The maximum atomic E-state index is 9.33. The summed E-state index contributed by atoms with van der Waals surface area (Å²) in [7, 11) is 0. The lowest BCUT2D eigenvalue weighted by Gasteiger charge is -2.13. The van der Waals surface area contributed by atoms with Crippen LogP contribution in [0.3, 0.4) is 0 Å². The fourth-order valence-corrected chi connectivity index (χ4v) is 1.65. The zero-order chi connectivity index (χ0) is 9.97. The minimum absolute atomic E-state index is 0.198. The zero-order valence-corrected chi connectivity index (χ0v) is 7.93. The number of aliphatic hydroxyl groups is 1. The van der Waals surface area contributed by atoms with E-state index in [0.717, 1.165) is 18.8 Å². The molecule has 5 nitrogen and oxygen atoms in total. The Hall–Kier alpha value is -1.20. The number of nitrogens with zero attached hydrogens (tertiary/aromatic N) is 3. The molecule has 0 bridgehead atoms. The normalized spacial score (nSPS) is 22.8. The average Bonchev–Trinajstić information content (AvgIpc) is 2.51. The molecule has 76 valence electrons. The first-order chi connectivity index (χ1) is 6.74. The van der Waals surface area contributed by atoms with Crippen LogP contribution < -0.4 is 5.73 Å². The maximum absolute atomic E-state index is 9.33. The maximum Gasteiger partial charge on any atom is 0.144 e. The van der Waals surface area contributed by atoms with Crippen LogP contribution in [-0.2, 0) is 6.54 Å². The summed E-state index contributed by atoms with van der Waals surface area (Å²) in [5.74, 6) is 1.22. The molecule has 0 saturated carbocycles. The standard InChI is InChI=1S/C9H14N4O/c10-8-1-3-11-9(12-8)6-13-4-2-7(14)5-13/h1,3,7,14H,2,4-6H2,(H2,10,11,12)/t7-/m1/s1. The van der Waals surface area contributed by atoms with Crippen molar-refractivity contribution in [3.63, 3.8) is 0 Å². The molecule has 0 amide bonds. The first-order valence-corrected chi connectivity index (χ1v) is 4.72. The zero-order valence-electron chi connectivity index (χ0n) is 7.93. The third kappa shape index (κ3) is 2.18. The fourth-order valence-electron chi connectivity index (χ4n) is 1.65. The SMILES string of the molecule is Nc1ccnc(CN2CC[C@@H](O)C2)n1. The molecule has 0 spiro atoms. The summed E-state index contributed by atoms with van der Waals surface area (Å²) in [6, 6.07) is 1.67. The Bertz CT molecular complexity index is 317. The molecule has 2 heterocycles. The Labute approximate surface area is 82.6 Å². The van der Waals surface area contributed by atoms with Crippen molar-refractivity contribution in [2.45, 2.75) is 19.1 Å². The third-order valence-corrected chi connectivity index (χ3v) is 2.34. The minimum atomic E-state index is -0.198. The predicted octanol–water partition coefficient (Wildman–Crippen LogP) is -0.375. The molecule has 1 fully saturated rings. The molecule has 3 N–H and O–H groups in total. The molecular weight excluding hydrogens is 180 g/mol. The van der Waals surface area contributed by atoms with Gasteiger partial charge in [-0.2, -0.15) is 0 Å². The fraction of sp³-hybridized carbons (Fsp3) is 0.556. The van der Waals surface area contributed by atoms with Crippen LogP contribution in [0.5, 0.6) is 0 Å². The van der Waals surface area contributed by atoms with Gasteiger partial charge in [0, 0.05) is 19.3 Å². The molecule has 1 saturated heterocycles.